The van der Waals surface area contributed by atoms with E-state index in [1.54, 1.807) is 13.1 Å². The van der Waals surface area contributed by atoms with Gasteiger partial charge in [-0.2, -0.15) is 5.48 Å². The monoisotopic (exact) mass is 336 g/mol. The highest BCUT2D eigenvalue weighted by Crippen LogP contribution is 2.36. The first-order valence-electron chi connectivity index (χ1n) is 7.58. The lowest BCUT2D eigenvalue weighted by atomic mass is 10.1. The van der Waals surface area contributed by atoms with Crippen molar-refractivity contribution in [2.24, 2.45) is 0 Å². The molecule has 3 rings (SSSR count). The first-order valence-corrected chi connectivity index (χ1v) is 9.23. The smallest absolute Gasteiger partial charge is 0.186 e. The molecule has 1 aromatic carbocycles. The zero-order valence-electron chi connectivity index (χ0n) is 12.9. The van der Waals surface area contributed by atoms with E-state index in [0.717, 1.165) is 10.9 Å². The standard InChI is InChI=1S/C16H20N2O4S/c1-12(18-19)16(7-4-8-22-16)23(20,21)11-13-9-14-5-2-3-6-15(14)17-10-13/h2-3,5-6,9-10,12,18-19H,4,7-8,11H2,1H3. The number of sulfone groups is 1. The molecule has 1 aliphatic heterocycles. The van der Waals surface area contributed by atoms with Crippen molar-refractivity contribution in [2.45, 2.75) is 36.5 Å². The Morgan fingerprint density at radius 1 is 1.43 bits per heavy atom. The number of rotatable bonds is 5. The molecule has 0 saturated carbocycles. The Labute approximate surface area is 135 Å². The molecule has 0 radical (unpaired) electrons. The van der Waals surface area contributed by atoms with Gasteiger partial charge < -0.3 is 9.94 Å². The van der Waals surface area contributed by atoms with Crippen LogP contribution in [-0.4, -0.2) is 36.2 Å². The predicted molar refractivity (Wildman–Crippen MR) is 86.7 cm³/mol. The van der Waals surface area contributed by atoms with Crippen LogP contribution in [0.1, 0.15) is 25.3 Å². The highest BCUT2D eigenvalue weighted by Gasteiger charge is 2.51. The molecule has 6 nitrogen and oxygen atoms in total. The van der Waals surface area contributed by atoms with Gasteiger partial charge in [-0.3, -0.25) is 4.98 Å². The lowest BCUT2D eigenvalue weighted by molar-refractivity contribution is -0.00166. The molecule has 7 heteroatoms. The number of fused-ring (bicyclic) bond motifs is 1. The van der Waals surface area contributed by atoms with Crippen molar-refractivity contribution in [3.05, 3.63) is 42.1 Å². The summed E-state index contributed by atoms with van der Waals surface area (Å²) in [5.41, 5.74) is 3.49. The Morgan fingerprint density at radius 3 is 2.91 bits per heavy atom. The van der Waals surface area contributed by atoms with E-state index < -0.39 is 20.8 Å². The number of hydrogen-bond acceptors (Lipinski definition) is 6. The summed E-state index contributed by atoms with van der Waals surface area (Å²) in [5, 5.41) is 10.1. The molecule has 2 atom stereocenters. The third-order valence-electron chi connectivity index (χ3n) is 4.40. The number of hydroxylamine groups is 1. The molecule has 2 unspecified atom stereocenters. The van der Waals surface area contributed by atoms with E-state index in [9.17, 15) is 13.6 Å². The zero-order chi connectivity index (χ0) is 16.5. The molecule has 0 spiro atoms. The van der Waals surface area contributed by atoms with Crippen molar-refractivity contribution in [3.8, 4) is 0 Å². The molecule has 2 N–H and O–H groups in total. The molecule has 2 heterocycles. The van der Waals surface area contributed by atoms with Crippen molar-refractivity contribution in [2.75, 3.05) is 6.61 Å². The number of hydrogen-bond donors (Lipinski definition) is 2. The van der Waals surface area contributed by atoms with Gasteiger partial charge in [0, 0.05) is 18.2 Å². The van der Waals surface area contributed by atoms with Gasteiger partial charge >= 0.3 is 0 Å². The molecule has 1 fully saturated rings. The average molecular weight is 336 g/mol. The zero-order valence-corrected chi connectivity index (χ0v) is 13.7. The lowest BCUT2D eigenvalue weighted by Gasteiger charge is -2.33. The van der Waals surface area contributed by atoms with Crippen molar-refractivity contribution in [1.29, 1.82) is 0 Å². The fourth-order valence-corrected chi connectivity index (χ4v) is 5.28. The summed E-state index contributed by atoms with van der Waals surface area (Å²) in [6.07, 6.45) is 2.60. The molecule has 1 aliphatic rings. The van der Waals surface area contributed by atoms with Gasteiger partial charge in [0.25, 0.3) is 0 Å². The van der Waals surface area contributed by atoms with E-state index in [4.69, 9.17) is 4.74 Å². The molecule has 2 aromatic rings. The molecule has 0 amide bonds. The normalized spacial score (nSPS) is 23.2. The van der Waals surface area contributed by atoms with Gasteiger partial charge in [-0.05, 0) is 37.5 Å². The Balaban J connectivity index is 1.95. The van der Waals surface area contributed by atoms with E-state index >= 15 is 0 Å². The molecule has 0 bridgehead atoms. The number of pyridine rings is 1. The number of ether oxygens (including phenoxy) is 1. The molecule has 1 saturated heterocycles. The second-order valence-electron chi connectivity index (χ2n) is 5.91. The molecule has 1 aromatic heterocycles. The number of nitrogens with zero attached hydrogens (tertiary/aromatic N) is 1. The Morgan fingerprint density at radius 2 is 2.22 bits per heavy atom. The van der Waals surface area contributed by atoms with Crippen LogP contribution in [0.5, 0.6) is 0 Å². The quantitative estimate of drug-likeness (QED) is 0.812. The van der Waals surface area contributed by atoms with Crippen LogP contribution in [0.25, 0.3) is 10.9 Å². The van der Waals surface area contributed by atoms with Crippen molar-refractivity contribution < 1.29 is 18.4 Å². The third kappa shape index (κ3) is 2.85. The highest BCUT2D eigenvalue weighted by atomic mass is 32.2. The van der Waals surface area contributed by atoms with Crippen molar-refractivity contribution in [1.82, 2.24) is 10.5 Å². The highest BCUT2D eigenvalue weighted by molar-refractivity contribution is 7.91. The number of benzene rings is 1. The summed E-state index contributed by atoms with van der Waals surface area (Å²) in [7, 11) is -3.64. The van der Waals surface area contributed by atoms with Crippen LogP contribution in [0.3, 0.4) is 0 Å². The van der Waals surface area contributed by atoms with Crippen LogP contribution in [0.15, 0.2) is 36.5 Å². The Kier molecular flexibility index (Phi) is 4.37. The van der Waals surface area contributed by atoms with E-state index in [0.29, 0.717) is 25.0 Å². The van der Waals surface area contributed by atoms with Crippen molar-refractivity contribution >= 4 is 20.7 Å². The second-order valence-corrected chi connectivity index (χ2v) is 8.12. The minimum Gasteiger partial charge on any atom is -0.357 e. The largest absolute Gasteiger partial charge is 0.357 e. The fraction of sp³-hybridized carbons (Fsp3) is 0.438. The van der Waals surface area contributed by atoms with Gasteiger partial charge in [0.15, 0.2) is 14.8 Å². The Hall–Kier alpha value is -1.54. The fourth-order valence-electron chi connectivity index (χ4n) is 3.13. The van der Waals surface area contributed by atoms with Gasteiger partial charge in [0.2, 0.25) is 0 Å². The SMILES string of the molecule is CC(NO)C1(S(=O)(=O)Cc2cnc3ccccc3c2)CCCO1. The van der Waals surface area contributed by atoms with Crippen molar-refractivity contribution in [3.63, 3.8) is 0 Å². The molecular formula is C16H20N2O4S. The molecule has 23 heavy (non-hydrogen) atoms. The number of nitrogens with one attached hydrogen (secondary N) is 1. The van der Waals surface area contributed by atoms with Crippen LogP contribution < -0.4 is 5.48 Å². The van der Waals surface area contributed by atoms with Gasteiger partial charge in [-0.25, -0.2) is 8.42 Å². The lowest BCUT2D eigenvalue weighted by Crippen LogP contribution is -2.53. The average Bonchev–Trinajstić information content (AvgIpc) is 3.05. The third-order valence-corrected chi connectivity index (χ3v) is 6.84. The summed E-state index contributed by atoms with van der Waals surface area (Å²) in [5.74, 6) is -0.170. The van der Waals surface area contributed by atoms with Gasteiger partial charge in [0.05, 0.1) is 17.3 Å². The Bertz CT molecular complexity index is 801. The molecule has 0 aliphatic carbocycles. The number of aromatic nitrogens is 1. The first-order chi connectivity index (χ1) is 11.0. The predicted octanol–water partition coefficient (Wildman–Crippen LogP) is 2.02. The second kappa shape index (κ2) is 6.16. The summed E-state index contributed by atoms with van der Waals surface area (Å²) in [4.78, 5) is 2.91. The molecular weight excluding hydrogens is 316 g/mol. The van der Waals surface area contributed by atoms with E-state index in [1.807, 2.05) is 35.8 Å². The number of para-hydroxylation sites is 1. The molecule has 124 valence electrons. The van der Waals surface area contributed by atoms with Crippen LogP contribution in [0, 0.1) is 0 Å². The first kappa shape index (κ1) is 16.3. The van der Waals surface area contributed by atoms with Crippen LogP contribution in [-0.2, 0) is 20.3 Å². The van der Waals surface area contributed by atoms with Crippen LogP contribution >= 0.6 is 0 Å². The van der Waals surface area contributed by atoms with Crippen LogP contribution in [0.4, 0.5) is 0 Å². The van der Waals surface area contributed by atoms with Gasteiger partial charge in [-0.15, -0.1) is 0 Å². The van der Waals surface area contributed by atoms with E-state index in [2.05, 4.69) is 4.98 Å². The van der Waals surface area contributed by atoms with Gasteiger partial charge in [-0.1, -0.05) is 18.2 Å². The summed E-state index contributed by atoms with van der Waals surface area (Å²) < 4.78 is 31.5. The summed E-state index contributed by atoms with van der Waals surface area (Å²) in [6.45, 7) is 1.99. The van der Waals surface area contributed by atoms with E-state index in [-0.39, 0.29) is 5.75 Å². The summed E-state index contributed by atoms with van der Waals surface area (Å²) >= 11 is 0. The maximum atomic E-state index is 13.0. The minimum absolute atomic E-state index is 0.170. The maximum absolute atomic E-state index is 13.0. The minimum atomic E-state index is -3.64. The maximum Gasteiger partial charge on any atom is 0.186 e. The van der Waals surface area contributed by atoms with Gasteiger partial charge in [0.1, 0.15) is 0 Å². The summed E-state index contributed by atoms with van der Waals surface area (Å²) in [6, 6.07) is 8.69. The topological polar surface area (TPSA) is 88.5 Å². The van der Waals surface area contributed by atoms with Crippen LogP contribution in [0.2, 0.25) is 0 Å². The van der Waals surface area contributed by atoms with E-state index in [1.165, 1.54) is 0 Å².